The van der Waals surface area contributed by atoms with E-state index in [1.54, 1.807) is 19.2 Å². The van der Waals surface area contributed by atoms with Crippen molar-refractivity contribution in [2.24, 2.45) is 5.92 Å². The molecule has 0 aliphatic heterocycles. The van der Waals surface area contributed by atoms with E-state index in [9.17, 15) is 14.3 Å². The Balaban J connectivity index is 2.58. The van der Waals surface area contributed by atoms with Crippen molar-refractivity contribution in [2.75, 3.05) is 12.8 Å². The van der Waals surface area contributed by atoms with Crippen LogP contribution in [0.3, 0.4) is 0 Å². The Kier molecular flexibility index (Phi) is 6.31. The summed E-state index contributed by atoms with van der Waals surface area (Å²) in [5.74, 6) is -0.330. The van der Waals surface area contributed by atoms with Crippen LogP contribution >= 0.6 is 11.8 Å². The summed E-state index contributed by atoms with van der Waals surface area (Å²) < 4.78 is 13.3. The molecule has 1 aromatic carbocycles. The van der Waals surface area contributed by atoms with Crippen molar-refractivity contribution < 1.29 is 14.3 Å². The third kappa shape index (κ3) is 5.20. The molecule has 2 N–H and O–H groups in total. The van der Waals surface area contributed by atoms with Crippen molar-refractivity contribution in [3.8, 4) is 0 Å². The summed E-state index contributed by atoms with van der Waals surface area (Å²) in [5.41, 5.74) is 0.454. The quantitative estimate of drug-likeness (QED) is 0.790. The SMILES string of the molecule is CSc1cc(C(=O)NCC(C)CC(C)O)ccc1F. The molecule has 2 atom stereocenters. The van der Waals surface area contributed by atoms with Gasteiger partial charge in [-0.05, 0) is 43.7 Å². The zero-order valence-electron chi connectivity index (χ0n) is 11.4. The van der Waals surface area contributed by atoms with Crippen LogP contribution < -0.4 is 5.32 Å². The largest absolute Gasteiger partial charge is 0.393 e. The minimum atomic E-state index is -0.374. The van der Waals surface area contributed by atoms with Crippen molar-refractivity contribution in [3.63, 3.8) is 0 Å². The second-order valence-corrected chi connectivity index (χ2v) is 5.60. The average Bonchev–Trinajstić information content (AvgIpc) is 2.35. The highest BCUT2D eigenvalue weighted by Crippen LogP contribution is 2.20. The van der Waals surface area contributed by atoms with Gasteiger partial charge < -0.3 is 10.4 Å². The first-order valence-corrected chi connectivity index (χ1v) is 7.46. The first-order chi connectivity index (χ1) is 8.93. The lowest BCUT2D eigenvalue weighted by Gasteiger charge is -2.14. The number of aliphatic hydroxyl groups is 1. The van der Waals surface area contributed by atoms with Crippen molar-refractivity contribution in [2.45, 2.75) is 31.3 Å². The Bertz CT molecular complexity index is 437. The van der Waals surface area contributed by atoms with E-state index in [0.717, 1.165) is 0 Å². The fourth-order valence-corrected chi connectivity index (χ4v) is 2.34. The number of aliphatic hydroxyl groups excluding tert-OH is 1. The first kappa shape index (κ1) is 16.0. The molecule has 0 radical (unpaired) electrons. The number of benzene rings is 1. The molecule has 3 nitrogen and oxygen atoms in total. The number of carbonyl (C=O) groups is 1. The first-order valence-electron chi connectivity index (χ1n) is 6.23. The van der Waals surface area contributed by atoms with E-state index in [1.807, 2.05) is 6.92 Å². The molecule has 0 bridgehead atoms. The zero-order chi connectivity index (χ0) is 14.4. The molecule has 0 spiro atoms. The second kappa shape index (κ2) is 7.50. The van der Waals surface area contributed by atoms with Crippen molar-refractivity contribution >= 4 is 17.7 Å². The van der Waals surface area contributed by atoms with Crippen molar-refractivity contribution in [1.29, 1.82) is 0 Å². The normalized spacial score (nSPS) is 13.9. The van der Waals surface area contributed by atoms with Gasteiger partial charge in [-0.2, -0.15) is 0 Å². The molecule has 0 aliphatic rings. The number of rotatable bonds is 6. The van der Waals surface area contributed by atoms with Crippen LogP contribution in [-0.2, 0) is 0 Å². The smallest absolute Gasteiger partial charge is 0.251 e. The Morgan fingerprint density at radius 2 is 2.16 bits per heavy atom. The van der Waals surface area contributed by atoms with E-state index in [0.29, 0.717) is 23.4 Å². The van der Waals surface area contributed by atoms with Crippen LogP contribution in [-0.4, -0.2) is 29.9 Å². The third-order valence-electron chi connectivity index (χ3n) is 2.77. The minimum absolute atomic E-state index is 0.199. The molecule has 1 rings (SSSR count). The number of amides is 1. The van der Waals surface area contributed by atoms with E-state index in [1.165, 1.54) is 23.9 Å². The topological polar surface area (TPSA) is 49.3 Å². The third-order valence-corrected chi connectivity index (χ3v) is 3.52. The van der Waals surface area contributed by atoms with Crippen LogP contribution in [0.1, 0.15) is 30.6 Å². The maximum atomic E-state index is 13.3. The van der Waals surface area contributed by atoms with Gasteiger partial charge in [0, 0.05) is 17.0 Å². The van der Waals surface area contributed by atoms with Crippen LogP contribution in [0.25, 0.3) is 0 Å². The van der Waals surface area contributed by atoms with Crippen LogP contribution in [0.5, 0.6) is 0 Å². The molecular formula is C14H20FNO2S. The number of carbonyl (C=O) groups excluding carboxylic acids is 1. The number of hydrogen-bond donors (Lipinski definition) is 2. The molecule has 19 heavy (non-hydrogen) atoms. The molecule has 5 heteroatoms. The van der Waals surface area contributed by atoms with Crippen LogP contribution in [0.4, 0.5) is 4.39 Å². The van der Waals surface area contributed by atoms with E-state index < -0.39 is 0 Å². The van der Waals surface area contributed by atoms with Crippen molar-refractivity contribution in [1.82, 2.24) is 5.32 Å². The Morgan fingerprint density at radius 1 is 1.47 bits per heavy atom. The lowest BCUT2D eigenvalue weighted by molar-refractivity contribution is 0.0939. The molecule has 106 valence electrons. The van der Waals surface area contributed by atoms with Gasteiger partial charge in [-0.15, -0.1) is 11.8 Å². The summed E-state index contributed by atoms with van der Waals surface area (Å²) in [5, 5.41) is 12.0. The maximum Gasteiger partial charge on any atom is 0.251 e. The monoisotopic (exact) mass is 285 g/mol. The molecule has 1 aromatic rings. The van der Waals surface area contributed by atoms with E-state index in [2.05, 4.69) is 5.32 Å². The van der Waals surface area contributed by atoms with Crippen LogP contribution in [0.2, 0.25) is 0 Å². The summed E-state index contributed by atoms with van der Waals surface area (Å²) in [4.78, 5) is 12.4. The summed E-state index contributed by atoms with van der Waals surface area (Å²) in [7, 11) is 0. The fourth-order valence-electron chi connectivity index (χ4n) is 1.84. The molecule has 0 fully saturated rings. The Hall–Kier alpha value is -1.07. The predicted molar refractivity (Wildman–Crippen MR) is 76.0 cm³/mol. The van der Waals surface area contributed by atoms with Gasteiger partial charge in [0.15, 0.2) is 0 Å². The predicted octanol–water partition coefficient (Wildman–Crippen LogP) is 2.68. The molecule has 0 aliphatic carbocycles. The lowest BCUT2D eigenvalue weighted by atomic mass is 10.0. The van der Waals surface area contributed by atoms with Gasteiger partial charge in [0.2, 0.25) is 0 Å². The van der Waals surface area contributed by atoms with Gasteiger partial charge >= 0.3 is 0 Å². The minimum Gasteiger partial charge on any atom is -0.393 e. The molecule has 0 saturated heterocycles. The van der Waals surface area contributed by atoms with E-state index in [4.69, 9.17) is 0 Å². The molecule has 0 heterocycles. The highest BCUT2D eigenvalue weighted by molar-refractivity contribution is 7.98. The summed E-state index contributed by atoms with van der Waals surface area (Å²) >= 11 is 1.27. The lowest BCUT2D eigenvalue weighted by Crippen LogP contribution is -2.29. The Labute approximate surface area is 117 Å². The van der Waals surface area contributed by atoms with Gasteiger partial charge in [-0.3, -0.25) is 4.79 Å². The summed E-state index contributed by atoms with van der Waals surface area (Å²) in [6, 6.07) is 4.33. The number of halogens is 1. The maximum absolute atomic E-state index is 13.3. The zero-order valence-corrected chi connectivity index (χ0v) is 12.3. The molecular weight excluding hydrogens is 265 g/mol. The van der Waals surface area contributed by atoms with Gasteiger partial charge in [-0.25, -0.2) is 4.39 Å². The second-order valence-electron chi connectivity index (χ2n) is 4.75. The molecule has 0 saturated carbocycles. The Morgan fingerprint density at radius 3 is 2.74 bits per heavy atom. The van der Waals surface area contributed by atoms with Crippen molar-refractivity contribution in [3.05, 3.63) is 29.6 Å². The summed E-state index contributed by atoms with van der Waals surface area (Å²) in [6.45, 7) is 4.18. The number of thioether (sulfide) groups is 1. The summed E-state index contributed by atoms with van der Waals surface area (Å²) in [6.07, 6.45) is 2.03. The number of nitrogens with one attached hydrogen (secondary N) is 1. The van der Waals surface area contributed by atoms with E-state index >= 15 is 0 Å². The number of hydrogen-bond acceptors (Lipinski definition) is 3. The van der Waals surface area contributed by atoms with Gasteiger partial charge in [0.25, 0.3) is 5.91 Å². The van der Waals surface area contributed by atoms with Crippen LogP contribution in [0.15, 0.2) is 23.1 Å². The van der Waals surface area contributed by atoms with E-state index in [-0.39, 0.29) is 23.7 Å². The molecule has 0 aromatic heterocycles. The van der Waals surface area contributed by atoms with Crippen LogP contribution in [0, 0.1) is 11.7 Å². The van der Waals surface area contributed by atoms with Gasteiger partial charge in [0.1, 0.15) is 5.82 Å². The van der Waals surface area contributed by atoms with Gasteiger partial charge in [0.05, 0.1) is 6.10 Å². The van der Waals surface area contributed by atoms with Gasteiger partial charge in [-0.1, -0.05) is 6.92 Å². The average molecular weight is 285 g/mol. The molecule has 1 amide bonds. The highest BCUT2D eigenvalue weighted by atomic mass is 32.2. The fraction of sp³-hybridized carbons (Fsp3) is 0.500. The standard InChI is InChI=1S/C14H20FNO2S/c1-9(6-10(2)17)8-16-14(18)11-4-5-12(15)13(7-11)19-3/h4-5,7,9-10,17H,6,8H2,1-3H3,(H,16,18). The highest BCUT2D eigenvalue weighted by Gasteiger charge is 2.11. The molecule has 2 unspecified atom stereocenters.